The van der Waals surface area contributed by atoms with Gasteiger partial charge < -0.3 is 0 Å². The van der Waals surface area contributed by atoms with E-state index < -0.39 is 0 Å². The number of imide groups is 1. The highest BCUT2D eigenvalue weighted by atomic mass is 16.2. The number of hydrogen-bond acceptors (Lipinski definition) is 3. The fourth-order valence-electron chi connectivity index (χ4n) is 2.52. The average molecular weight is 206 g/mol. The van der Waals surface area contributed by atoms with Gasteiger partial charge in [-0.3, -0.25) is 19.4 Å². The molecule has 1 unspecified atom stereocenters. The minimum Gasteiger partial charge on any atom is -0.298 e. The fourth-order valence-corrected chi connectivity index (χ4v) is 2.52. The molecule has 2 amide bonds. The van der Waals surface area contributed by atoms with E-state index in [0.29, 0.717) is 0 Å². The van der Waals surface area contributed by atoms with Crippen LogP contribution in [-0.4, -0.2) is 46.8 Å². The predicted octanol–water partition coefficient (Wildman–Crippen LogP) is 0.148. The van der Waals surface area contributed by atoms with Gasteiger partial charge in [0, 0.05) is 31.3 Å². The van der Waals surface area contributed by atoms with Crippen molar-refractivity contribution in [2.75, 3.05) is 13.1 Å². The van der Waals surface area contributed by atoms with Crippen molar-refractivity contribution in [2.24, 2.45) is 0 Å². The maximum atomic E-state index is 11.5. The Kier molecular flexibility index (Phi) is 1.92. The Balaban J connectivity index is 1.68. The summed E-state index contributed by atoms with van der Waals surface area (Å²) in [4.78, 5) is 26.8. The average Bonchev–Trinajstić information content (AvgIpc) is 2.87. The SMILES string of the molecule is O=C1C=CC(=O)N1C1CCN(C2CC2)C1. The maximum Gasteiger partial charge on any atom is 0.253 e. The van der Waals surface area contributed by atoms with Gasteiger partial charge in [-0.25, -0.2) is 0 Å². The molecule has 1 atom stereocenters. The number of likely N-dealkylation sites (tertiary alicyclic amines) is 1. The first-order chi connectivity index (χ1) is 7.25. The van der Waals surface area contributed by atoms with Crippen LogP contribution < -0.4 is 0 Å². The van der Waals surface area contributed by atoms with Crippen molar-refractivity contribution in [3.8, 4) is 0 Å². The first-order valence-electron chi connectivity index (χ1n) is 5.55. The third kappa shape index (κ3) is 1.49. The van der Waals surface area contributed by atoms with Crippen LogP contribution in [0.4, 0.5) is 0 Å². The molecule has 0 radical (unpaired) electrons. The van der Waals surface area contributed by atoms with Crippen molar-refractivity contribution in [3.63, 3.8) is 0 Å². The highest BCUT2D eigenvalue weighted by molar-refractivity contribution is 6.13. The number of nitrogens with zero attached hydrogens (tertiary/aromatic N) is 2. The molecule has 4 heteroatoms. The van der Waals surface area contributed by atoms with Crippen LogP contribution in [0.3, 0.4) is 0 Å². The molecule has 0 N–H and O–H groups in total. The molecule has 1 saturated heterocycles. The maximum absolute atomic E-state index is 11.5. The van der Waals surface area contributed by atoms with Crippen molar-refractivity contribution in [3.05, 3.63) is 12.2 Å². The van der Waals surface area contributed by atoms with Crippen LogP contribution in [-0.2, 0) is 9.59 Å². The van der Waals surface area contributed by atoms with Crippen molar-refractivity contribution in [1.29, 1.82) is 0 Å². The second-order valence-corrected chi connectivity index (χ2v) is 4.55. The molecule has 1 saturated carbocycles. The third-order valence-electron chi connectivity index (χ3n) is 3.47. The van der Waals surface area contributed by atoms with Gasteiger partial charge in [0.15, 0.2) is 0 Å². The molecule has 0 aromatic rings. The van der Waals surface area contributed by atoms with Crippen LogP contribution in [0.25, 0.3) is 0 Å². The zero-order valence-corrected chi connectivity index (χ0v) is 8.56. The van der Waals surface area contributed by atoms with E-state index in [1.54, 1.807) is 0 Å². The van der Waals surface area contributed by atoms with Gasteiger partial charge in [0.1, 0.15) is 0 Å². The quantitative estimate of drug-likeness (QED) is 0.604. The number of hydrogen-bond donors (Lipinski definition) is 0. The highest BCUT2D eigenvalue weighted by Crippen LogP contribution is 2.31. The molecule has 0 aromatic carbocycles. The number of carbonyl (C=O) groups excluding carboxylic acids is 2. The molecule has 80 valence electrons. The molecular formula is C11H14N2O2. The van der Waals surface area contributed by atoms with E-state index in [1.165, 1.54) is 29.9 Å². The monoisotopic (exact) mass is 206 g/mol. The summed E-state index contributed by atoms with van der Waals surface area (Å²) in [6, 6.07) is 0.844. The Morgan fingerprint density at radius 2 is 1.67 bits per heavy atom. The minimum absolute atomic E-state index is 0.112. The lowest BCUT2D eigenvalue weighted by Gasteiger charge is -2.22. The van der Waals surface area contributed by atoms with Gasteiger partial charge in [-0.2, -0.15) is 0 Å². The normalized spacial score (nSPS) is 32.0. The summed E-state index contributed by atoms with van der Waals surface area (Å²) in [5.41, 5.74) is 0. The second-order valence-electron chi connectivity index (χ2n) is 4.55. The molecule has 1 aliphatic carbocycles. The Morgan fingerprint density at radius 1 is 1.00 bits per heavy atom. The van der Waals surface area contributed by atoms with E-state index in [2.05, 4.69) is 4.90 Å². The Bertz CT molecular complexity index is 328. The number of carbonyl (C=O) groups is 2. The van der Waals surface area contributed by atoms with Crippen LogP contribution in [0.1, 0.15) is 19.3 Å². The van der Waals surface area contributed by atoms with Gasteiger partial charge >= 0.3 is 0 Å². The molecule has 2 fully saturated rings. The lowest BCUT2D eigenvalue weighted by atomic mass is 10.2. The van der Waals surface area contributed by atoms with Gasteiger partial charge in [0.05, 0.1) is 6.04 Å². The lowest BCUT2D eigenvalue weighted by molar-refractivity contribution is -0.139. The van der Waals surface area contributed by atoms with E-state index in [9.17, 15) is 9.59 Å². The summed E-state index contributed by atoms with van der Waals surface area (Å²) in [5.74, 6) is -0.273. The molecule has 4 nitrogen and oxygen atoms in total. The zero-order chi connectivity index (χ0) is 10.4. The summed E-state index contributed by atoms with van der Waals surface area (Å²) < 4.78 is 0. The molecule has 3 rings (SSSR count). The summed E-state index contributed by atoms with van der Waals surface area (Å²) >= 11 is 0. The zero-order valence-electron chi connectivity index (χ0n) is 8.56. The van der Waals surface area contributed by atoms with Gasteiger partial charge in [0.2, 0.25) is 0 Å². The van der Waals surface area contributed by atoms with Crippen LogP contribution in [0.15, 0.2) is 12.2 Å². The van der Waals surface area contributed by atoms with Gasteiger partial charge in [0.25, 0.3) is 11.8 Å². The predicted molar refractivity (Wildman–Crippen MR) is 54.0 cm³/mol. The van der Waals surface area contributed by atoms with Crippen LogP contribution in [0.2, 0.25) is 0 Å². The Morgan fingerprint density at radius 3 is 2.27 bits per heavy atom. The van der Waals surface area contributed by atoms with E-state index in [4.69, 9.17) is 0 Å². The van der Waals surface area contributed by atoms with Crippen molar-refractivity contribution in [1.82, 2.24) is 9.80 Å². The molecule has 0 aromatic heterocycles. The molecule has 2 aliphatic heterocycles. The van der Waals surface area contributed by atoms with E-state index >= 15 is 0 Å². The third-order valence-corrected chi connectivity index (χ3v) is 3.47. The number of amides is 2. The lowest BCUT2D eigenvalue weighted by Crippen LogP contribution is -2.41. The van der Waals surface area contributed by atoms with Crippen LogP contribution in [0, 0.1) is 0 Å². The van der Waals surface area contributed by atoms with E-state index in [1.807, 2.05) is 0 Å². The first-order valence-corrected chi connectivity index (χ1v) is 5.55. The molecule has 3 aliphatic rings. The van der Waals surface area contributed by atoms with Gasteiger partial charge in [-0.1, -0.05) is 0 Å². The largest absolute Gasteiger partial charge is 0.298 e. The molecule has 0 bridgehead atoms. The summed E-state index contributed by atoms with van der Waals surface area (Å²) in [5, 5.41) is 0. The van der Waals surface area contributed by atoms with Crippen molar-refractivity contribution in [2.45, 2.75) is 31.3 Å². The Labute approximate surface area is 88.5 Å². The molecule has 2 heterocycles. The van der Waals surface area contributed by atoms with Crippen molar-refractivity contribution >= 4 is 11.8 Å². The summed E-state index contributed by atoms with van der Waals surface area (Å²) in [7, 11) is 0. The number of rotatable bonds is 2. The van der Waals surface area contributed by atoms with Crippen LogP contribution >= 0.6 is 0 Å². The smallest absolute Gasteiger partial charge is 0.253 e. The van der Waals surface area contributed by atoms with E-state index in [0.717, 1.165) is 25.6 Å². The van der Waals surface area contributed by atoms with Gasteiger partial charge in [-0.15, -0.1) is 0 Å². The highest BCUT2D eigenvalue weighted by Gasteiger charge is 2.40. The molecule has 0 spiro atoms. The second kappa shape index (κ2) is 3.17. The first kappa shape index (κ1) is 9.09. The van der Waals surface area contributed by atoms with Crippen LogP contribution in [0.5, 0.6) is 0 Å². The summed E-state index contributed by atoms with van der Waals surface area (Å²) in [6.45, 7) is 1.91. The molecule has 15 heavy (non-hydrogen) atoms. The fraction of sp³-hybridized carbons (Fsp3) is 0.636. The summed E-state index contributed by atoms with van der Waals surface area (Å²) in [6.07, 6.45) is 6.26. The topological polar surface area (TPSA) is 40.6 Å². The van der Waals surface area contributed by atoms with Gasteiger partial charge in [-0.05, 0) is 19.3 Å². The standard InChI is InChI=1S/C11H14N2O2/c14-10-3-4-11(15)13(10)9-5-6-12(7-9)8-1-2-8/h3-4,8-9H,1-2,5-7H2. The Hall–Kier alpha value is -1.16. The molecular weight excluding hydrogens is 192 g/mol. The van der Waals surface area contributed by atoms with E-state index in [-0.39, 0.29) is 17.9 Å². The minimum atomic E-state index is -0.136. The van der Waals surface area contributed by atoms with Crippen molar-refractivity contribution < 1.29 is 9.59 Å².